The van der Waals surface area contributed by atoms with Crippen molar-refractivity contribution in [2.45, 2.75) is 32.1 Å². The molecule has 0 unspecified atom stereocenters. The minimum atomic E-state index is -0.145. The number of hydrogen-bond acceptors (Lipinski definition) is 3. The van der Waals surface area contributed by atoms with Crippen LogP contribution in [-0.4, -0.2) is 15.9 Å². The molecule has 0 spiro atoms. The molecule has 1 saturated carbocycles. The summed E-state index contributed by atoms with van der Waals surface area (Å²) in [5.41, 5.74) is 0. The molecule has 1 aliphatic carbocycles. The van der Waals surface area contributed by atoms with Crippen LogP contribution in [0, 0.1) is 5.92 Å². The number of carbonyl (C=O) groups is 1. The molecule has 4 nitrogen and oxygen atoms in total. The number of aromatic nitrogens is 2. The number of rotatable bonds is 2. The van der Waals surface area contributed by atoms with Gasteiger partial charge in [0.2, 0.25) is 0 Å². The van der Waals surface area contributed by atoms with Gasteiger partial charge in [0.05, 0.1) is 18.3 Å². The summed E-state index contributed by atoms with van der Waals surface area (Å²) in [4.78, 5) is 17.9. The molecule has 4 heteroatoms. The second-order valence-electron chi connectivity index (χ2n) is 3.65. The zero-order valence-corrected chi connectivity index (χ0v) is 8.06. The first-order valence-corrected chi connectivity index (χ1v) is 5.08. The van der Waals surface area contributed by atoms with Crippen molar-refractivity contribution in [2.24, 2.45) is 5.92 Å². The highest BCUT2D eigenvalue weighted by molar-refractivity contribution is 5.72. The Hall–Kier alpha value is -1.32. The van der Waals surface area contributed by atoms with E-state index in [1.165, 1.54) is 11.3 Å². The summed E-state index contributed by atoms with van der Waals surface area (Å²) in [5.74, 6) is -0.0682. The smallest absolute Gasteiger partial charge is 0.319 e. The minimum Gasteiger partial charge on any atom is -0.319 e. The van der Waals surface area contributed by atoms with Crippen molar-refractivity contribution in [1.82, 2.24) is 9.94 Å². The molecule has 1 fully saturated rings. The van der Waals surface area contributed by atoms with E-state index >= 15 is 0 Å². The van der Waals surface area contributed by atoms with E-state index in [-0.39, 0.29) is 11.9 Å². The quantitative estimate of drug-likeness (QED) is 0.715. The fourth-order valence-electron chi connectivity index (χ4n) is 1.81. The summed E-state index contributed by atoms with van der Waals surface area (Å²) < 4.78 is 0. The van der Waals surface area contributed by atoms with Crippen LogP contribution in [0.3, 0.4) is 0 Å². The highest BCUT2D eigenvalue weighted by atomic mass is 16.7. The number of carbonyl (C=O) groups excluding carboxylic acids is 1. The Morgan fingerprint density at radius 3 is 2.79 bits per heavy atom. The summed E-state index contributed by atoms with van der Waals surface area (Å²) in [6.45, 7) is 0. The molecule has 76 valence electrons. The van der Waals surface area contributed by atoms with E-state index in [0.29, 0.717) is 0 Å². The van der Waals surface area contributed by atoms with Crippen LogP contribution in [0.1, 0.15) is 32.1 Å². The Kier molecular flexibility index (Phi) is 2.81. The largest absolute Gasteiger partial charge is 0.337 e. The predicted octanol–water partition coefficient (Wildman–Crippen LogP) is 1.42. The van der Waals surface area contributed by atoms with Crippen molar-refractivity contribution in [3.63, 3.8) is 0 Å². The van der Waals surface area contributed by atoms with E-state index in [1.807, 2.05) is 0 Å². The second kappa shape index (κ2) is 4.26. The van der Waals surface area contributed by atoms with Gasteiger partial charge in [0.15, 0.2) is 0 Å². The molecule has 0 radical (unpaired) electrons. The van der Waals surface area contributed by atoms with Gasteiger partial charge in [-0.2, -0.15) is 0 Å². The van der Waals surface area contributed by atoms with Gasteiger partial charge in [0, 0.05) is 0 Å². The molecule has 0 bridgehead atoms. The Labute approximate surface area is 82.8 Å². The predicted molar refractivity (Wildman–Crippen MR) is 50.4 cm³/mol. The summed E-state index contributed by atoms with van der Waals surface area (Å²) in [6.07, 6.45) is 8.65. The van der Waals surface area contributed by atoms with Crippen LogP contribution in [0.2, 0.25) is 0 Å². The van der Waals surface area contributed by atoms with Gasteiger partial charge in [-0.25, -0.2) is 4.79 Å². The summed E-state index contributed by atoms with van der Waals surface area (Å²) in [6, 6.07) is 1.73. The molecular weight excluding hydrogens is 180 g/mol. The van der Waals surface area contributed by atoms with Crippen molar-refractivity contribution in [3.05, 3.63) is 18.5 Å². The first-order valence-electron chi connectivity index (χ1n) is 5.08. The number of nitrogens with zero attached hydrogens (tertiary/aromatic N) is 2. The van der Waals surface area contributed by atoms with Gasteiger partial charge in [-0.3, -0.25) is 0 Å². The lowest BCUT2D eigenvalue weighted by Crippen LogP contribution is -2.28. The van der Waals surface area contributed by atoms with Crippen LogP contribution >= 0.6 is 0 Å². The number of hydrogen-bond donors (Lipinski definition) is 0. The molecule has 0 amide bonds. The zero-order valence-electron chi connectivity index (χ0n) is 8.06. The molecule has 0 aromatic carbocycles. The third kappa shape index (κ3) is 2.13. The van der Waals surface area contributed by atoms with Crippen molar-refractivity contribution in [1.29, 1.82) is 0 Å². The Bertz CT molecular complexity index is 289. The highest BCUT2D eigenvalue weighted by Gasteiger charge is 2.23. The summed E-state index contributed by atoms with van der Waals surface area (Å²) >= 11 is 0. The Morgan fingerprint density at radius 2 is 2.14 bits per heavy atom. The van der Waals surface area contributed by atoms with E-state index in [0.717, 1.165) is 25.7 Å². The van der Waals surface area contributed by atoms with Gasteiger partial charge in [-0.05, 0) is 18.9 Å². The summed E-state index contributed by atoms with van der Waals surface area (Å²) in [5, 5.41) is 3.82. The standard InChI is InChI=1S/C10H14N2O2/c13-10(9-5-2-1-3-6-9)14-12-8-4-7-11-12/h4,7-9H,1-3,5-6H2. The van der Waals surface area contributed by atoms with Crippen molar-refractivity contribution in [3.8, 4) is 0 Å². The van der Waals surface area contributed by atoms with Crippen LogP contribution < -0.4 is 4.84 Å². The fraction of sp³-hybridized carbons (Fsp3) is 0.600. The first kappa shape index (κ1) is 9.24. The molecule has 2 rings (SSSR count). The average Bonchev–Trinajstić information content (AvgIpc) is 2.72. The molecule has 1 heterocycles. The lowest BCUT2D eigenvalue weighted by Gasteiger charge is -2.18. The van der Waals surface area contributed by atoms with E-state index in [1.54, 1.807) is 18.5 Å². The van der Waals surface area contributed by atoms with Gasteiger partial charge >= 0.3 is 5.97 Å². The lowest BCUT2D eigenvalue weighted by atomic mass is 9.89. The molecule has 14 heavy (non-hydrogen) atoms. The van der Waals surface area contributed by atoms with Gasteiger partial charge in [-0.1, -0.05) is 24.1 Å². The molecule has 0 atom stereocenters. The Morgan fingerprint density at radius 1 is 1.36 bits per heavy atom. The van der Waals surface area contributed by atoms with Crippen LogP contribution in [0.15, 0.2) is 18.5 Å². The molecule has 1 aliphatic rings. The maximum Gasteiger partial charge on any atom is 0.337 e. The van der Waals surface area contributed by atoms with Gasteiger partial charge in [-0.15, -0.1) is 5.10 Å². The van der Waals surface area contributed by atoms with E-state index in [2.05, 4.69) is 5.10 Å². The van der Waals surface area contributed by atoms with Crippen LogP contribution in [0.25, 0.3) is 0 Å². The first-order chi connectivity index (χ1) is 6.86. The molecule has 0 N–H and O–H groups in total. The molecule has 1 aromatic heterocycles. The fourth-order valence-corrected chi connectivity index (χ4v) is 1.81. The topological polar surface area (TPSA) is 44.1 Å². The monoisotopic (exact) mass is 194 g/mol. The SMILES string of the molecule is O=C(On1cccn1)C1CCCCC1. The van der Waals surface area contributed by atoms with E-state index < -0.39 is 0 Å². The van der Waals surface area contributed by atoms with Crippen molar-refractivity contribution >= 4 is 5.97 Å². The van der Waals surface area contributed by atoms with Gasteiger partial charge in [0.25, 0.3) is 0 Å². The normalized spacial score (nSPS) is 18.0. The van der Waals surface area contributed by atoms with Crippen molar-refractivity contribution < 1.29 is 9.63 Å². The van der Waals surface area contributed by atoms with Crippen LogP contribution in [0.4, 0.5) is 0 Å². The molecular formula is C10H14N2O2. The maximum atomic E-state index is 11.6. The van der Waals surface area contributed by atoms with Crippen LogP contribution in [-0.2, 0) is 4.79 Å². The second-order valence-corrected chi connectivity index (χ2v) is 3.65. The highest BCUT2D eigenvalue weighted by Crippen LogP contribution is 2.23. The molecule has 1 aromatic rings. The van der Waals surface area contributed by atoms with E-state index in [4.69, 9.17) is 4.84 Å². The third-order valence-electron chi connectivity index (χ3n) is 2.60. The maximum absolute atomic E-state index is 11.6. The zero-order chi connectivity index (χ0) is 9.80. The molecule has 0 saturated heterocycles. The average molecular weight is 194 g/mol. The van der Waals surface area contributed by atoms with Crippen LogP contribution in [0.5, 0.6) is 0 Å². The van der Waals surface area contributed by atoms with Gasteiger partial charge in [0.1, 0.15) is 0 Å². The lowest BCUT2D eigenvalue weighted by molar-refractivity contribution is -0.151. The Balaban J connectivity index is 1.88. The van der Waals surface area contributed by atoms with Crippen molar-refractivity contribution in [2.75, 3.05) is 0 Å². The molecule has 0 aliphatic heterocycles. The third-order valence-corrected chi connectivity index (χ3v) is 2.60. The van der Waals surface area contributed by atoms with E-state index in [9.17, 15) is 4.79 Å². The minimum absolute atomic E-state index is 0.0768. The van der Waals surface area contributed by atoms with Gasteiger partial charge < -0.3 is 4.84 Å². The summed E-state index contributed by atoms with van der Waals surface area (Å²) in [7, 11) is 0.